The molecule has 3 aromatic rings. The minimum absolute atomic E-state index is 0.266. The number of anilines is 1. The van der Waals surface area contributed by atoms with Crippen molar-refractivity contribution in [2.45, 2.75) is 0 Å². The highest BCUT2D eigenvalue weighted by Crippen LogP contribution is 2.34. The van der Waals surface area contributed by atoms with Gasteiger partial charge in [0.2, 0.25) is 0 Å². The van der Waals surface area contributed by atoms with Gasteiger partial charge in [-0.05, 0) is 35.9 Å². The van der Waals surface area contributed by atoms with E-state index in [-0.39, 0.29) is 5.56 Å². The molecule has 1 aromatic heterocycles. The highest BCUT2D eigenvalue weighted by Gasteiger charge is 2.16. The van der Waals surface area contributed by atoms with Gasteiger partial charge in [0.1, 0.15) is 0 Å². The molecule has 6 nitrogen and oxygen atoms in total. The van der Waals surface area contributed by atoms with Gasteiger partial charge in [-0.3, -0.25) is 4.98 Å². The second-order valence-electron chi connectivity index (χ2n) is 4.88. The van der Waals surface area contributed by atoms with Crippen LogP contribution in [0.25, 0.3) is 22.0 Å². The molecule has 0 saturated carbocycles. The van der Waals surface area contributed by atoms with Crippen LogP contribution in [0.3, 0.4) is 0 Å². The van der Waals surface area contributed by atoms with Crippen LogP contribution in [0, 0.1) is 11.3 Å². The molecule has 0 spiro atoms. The van der Waals surface area contributed by atoms with Crippen molar-refractivity contribution in [3.05, 3.63) is 59.8 Å². The number of nitrogens with zero attached hydrogens (tertiary/aromatic N) is 2. The van der Waals surface area contributed by atoms with Crippen molar-refractivity contribution in [1.82, 2.24) is 4.98 Å². The van der Waals surface area contributed by atoms with Crippen LogP contribution in [0.2, 0.25) is 0 Å². The average Bonchev–Trinajstić information content (AvgIpc) is 2.60. The quantitative estimate of drug-likeness (QED) is 0.555. The van der Waals surface area contributed by atoms with Crippen LogP contribution in [0.4, 0.5) is 5.69 Å². The number of carbonyl (C=O) groups is 1. The van der Waals surface area contributed by atoms with Crippen LogP contribution in [0.15, 0.2) is 48.7 Å². The van der Waals surface area contributed by atoms with Gasteiger partial charge in [0, 0.05) is 22.8 Å². The van der Waals surface area contributed by atoms with Crippen LogP contribution in [0.1, 0.15) is 15.9 Å². The zero-order valence-corrected chi connectivity index (χ0v) is 12.0. The maximum Gasteiger partial charge on any atom is 0.358 e. The molecule has 112 valence electrons. The second-order valence-corrected chi connectivity index (χ2v) is 4.88. The van der Waals surface area contributed by atoms with E-state index in [1.165, 1.54) is 0 Å². The standard InChI is InChI=1S/C17H12N4O2/c18-9-10-3-6-15(19)14(8-10)11-4-5-13(17(22)23-20)16-12(11)2-1-7-21-16/h1-8H,19-20H2. The molecule has 0 aliphatic heterocycles. The molecule has 2 aromatic carbocycles. The number of hydrogen-bond donors (Lipinski definition) is 2. The Labute approximate surface area is 131 Å². The zero-order valence-electron chi connectivity index (χ0n) is 12.0. The molecule has 0 saturated heterocycles. The summed E-state index contributed by atoms with van der Waals surface area (Å²) >= 11 is 0. The summed E-state index contributed by atoms with van der Waals surface area (Å²) in [5, 5.41) is 9.80. The van der Waals surface area contributed by atoms with Gasteiger partial charge >= 0.3 is 5.97 Å². The van der Waals surface area contributed by atoms with Gasteiger partial charge in [-0.25, -0.2) is 4.79 Å². The van der Waals surface area contributed by atoms with Gasteiger partial charge in [0.05, 0.1) is 22.7 Å². The zero-order chi connectivity index (χ0) is 16.4. The fourth-order valence-corrected chi connectivity index (χ4v) is 2.49. The van der Waals surface area contributed by atoms with E-state index in [0.29, 0.717) is 22.3 Å². The Kier molecular flexibility index (Phi) is 3.63. The number of benzene rings is 2. The molecule has 0 atom stereocenters. The first-order valence-electron chi connectivity index (χ1n) is 6.74. The minimum Gasteiger partial charge on any atom is -0.398 e. The number of nitrogen functional groups attached to an aromatic ring is 1. The molecule has 3 rings (SSSR count). The van der Waals surface area contributed by atoms with E-state index in [1.54, 1.807) is 42.6 Å². The van der Waals surface area contributed by atoms with E-state index in [0.717, 1.165) is 10.9 Å². The Balaban J connectivity index is 2.33. The summed E-state index contributed by atoms with van der Waals surface area (Å²) in [4.78, 5) is 20.3. The van der Waals surface area contributed by atoms with Crippen LogP contribution in [-0.2, 0) is 4.84 Å². The van der Waals surface area contributed by atoms with Crippen LogP contribution >= 0.6 is 0 Å². The van der Waals surface area contributed by atoms with Crippen molar-refractivity contribution >= 4 is 22.6 Å². The van der Waals surface area contributed by atoms with E-state index < -0.39 is 5.97 Å². The van der Waals surface area contributed by atoms with Gasteiger partial charge in [-0.2, -0.15) is 11.2 Å². The van der Waals surface area contributed by atoms with Crippen molar-refractivity contribution in [3.63, 3.8) is 0 Å². The van der Waals surface area contributed by atoms with Crippen molar-refractivity contribution in [1.29, 1.82) is 5.26 Å². The SMILES string of the molecule is N#Cc1ccc(N)c(-c2ccc(C(=O)ON)c3ncccc23)c1. The number of aromatic nitrogens is 1. The molecule has 6 heteroatoms. The van der Waals surface area contributed by atoms with E-state index in [2.05, 4.69) is 15.9 Å². The number of carbonyl (C=O) groups excluding carboxylic acids is 1. The van der Waals surface area contributed by atoms with Crippen LogP contribution in [0.5, 0.6) is 0 Å². The number of pyridine rings is 1. The lowest BCUT2D eigenvalue weighted by atomic mass is 9.95. The van der Waals surface area contributed by atoms with Gasteiger partial charge in [0.25, 0.3) is 0 Å². The lowest BCUT2D eigenvalue weighted by molar-refractivity contribution is 0.0505. The molecular weight excluding hydrogens is 292 g/mol. The monoisotopic (exact) mass is 304 g/mol. The minimum atomic E-state index is -0.668. The highest BCUT2D eigenvalue weighted by atomic mass is 16.7. The predicted octanol–water partition coefficient (Wildman–Crippen LogP) is 2.39. The first-order chi connectivity index (χ1) is 11.2. The molecule has 0 amide bonds. The molecule has 0 bridgehead atoms. The molecular formula is C17H12N4O2. The van der Waals surface area contributed by atoms with Crippen molar-refractivity contribution in [2.75, 3.05) is 5.73 Å². The number of hydrogen-bond acceptors (Lipinski definition) is 6. The Morgan fingerprint density at radius 1 is 1.17 bits per heavy atom. The maximum atomic E-state index is 11.8. The first-order valence-corrected chi connectivity index (χ1v) is 6.74. The van der Waals surface area contributed by atoms with Gasteiger partial charge < -0.3 is 10.6 Å². The van der Waals surface area contributed by atoms with Gasteiger partial charge in [-0.15, -0.1) is 0 Å². The Bertz CT molecular complexity index is 960. The van der Waals surface area contributed by atoms with E-state index in [4.69, 9.17) is 16.9 Å². The number of rotatable bonds is 2. The Morgan fingerprint density at radius 2 is 2.00 bits per heavy atom. The van der Waals surface area contributed by atoms with Gasteiger partial charge in [0.15, 0.2) is 0 Å². The largest absolute Gasteiger partial charge is 0.398 e. The smallest absolute Gasteiger partial charge is 0.358 e. The molecule has 0 aliphatic rings. The Hall–Kier alpha value is -3.43. The predicted molar refractivity (Wildman–Crippen MR) is 85.9 cm³/mol. The number of fused-ring (bicyclic) bond motifs is 1. The van der Waals surface area contributed by atoms with Crippen LogP contribution < -0.4 is 11.6 Å². The molecule has 0 radical (unpaired) electrons. The summed E-state index contributed by atoms with van der Waals surface area (Å²) in [6.07, 6.45) is 1.58. The van der Waals surface area contributed by atoms with Crippen molar-refractivity contribution < 1.29 is 9.63 Å². The van der Waals surface area contributed by atoms with E-state index >= 15 is 0 Å². The normalized spacial score (nSPS) is 10.3. The fraction of sp³-hybridized carbons (Fsp3) is 0. The molecule has 1 heterocycles. The molecule has 23 heavy (non-hydrogen) atoms. The van der Waals surface area contributed by atoms with Crippen molar-refractivity contribution in [3.8, 4) is 17.2 Å². The highest BCUT2D eigenvalue weighted by molar-refractivity contribution is 6.08. The summed E-state index contributed by atoms with van der Waals surface area (Å²) < 4.78 is 0. The summed E-state index contributed by atoms with van der Waals surface area (Å²) in [5.74, 6) is 4.31. The number of nitriles is 1. The molecule has 0 aliphatic carbocycles. The second kappa shape index (κ2) is 5.75. The Morgan fingerprint density at radius 3 is 2.74 bits per heavy atom. The summed E-state index contributed by atoms with van der Waals surface area (Å²) in [5.41, 5.74) is 9.28. The van der Waals surface area contributed by atoms with Crippen molar-refractivity contribution in [2.24, 2.45) is 5.90 Å². The first kappa shape index (κ1) is 14.5. The van der Waals surface area contributed by atoms with E-state index in [9.17, 15) is 4.79 Å². The average molecular weight is 304 g/mol. The van der Waals surface area contributed by atoms with Gasteiger partial charge in [-0.1, -0.05) is 12.1 Å². The topological polar surface area (TPSA) is 115 Å². The van der Waals surface area contributed by atoms with Crippen LogP contribution in [-0.4, -0.2) is 11.0 Å². The summed E-state index contributed by atoms with van der Waals surface area (Å²) in [6.45, 7) is 0. The third-order valence-electron chi connectivity index (χ3n) is 3.57. The lowest BCUT2D eigenvalue weighted by Crippen LogP contribution is -2.11. The molecule has 4 N–H and O–H groups in total. The lowest BCUT2D eigenvalue weighted by Gasteiger charge is -2.11. The molecule has 0 unspecified atom stereocenters. The number of nitrogens with two attached hydrogens (primary N) is 2. The third kappa shape index (κ3) is 2.46. The summed E-state index contributed by atoms with van der Waals surface area (Å²) in [7, 11) is 0. The fourth-order valence-electron chi connectivity index (χ4n) is 2.49. The summed E-state index contributed by atoms with van der Waals surface area (Å²) in [6, 6.07) is 14.0. The molecule has 0 fully saturated rings. The maximum absolute atomic E-state index is 11.8. The third-order valence-corrected chi connectivity index (χ3v) is 3.57. The van der Waals surface area contributed by atoms with E-state index in [1.807, 2.05) is 6.07 Å².